The Hall–Kier alpha value is -3.62. The highest BCUT2D eigenvalue weighted by Gasteiger charge is 2.20. The van der Waals surface area contributed by atoms with Crippen LogP contribution in [-0.2, 0) is 0 Å². The average Bonchev–Trinajstić information content (AvgIpc) is 3.35. The number of hydrogen-bond donors (Lipinski definition) is 1. The molecule has 0 radical (unpaired) electrons. The second-order valence-electron chi connectivity index (χ2n) is 7.17. The van der Waals surface area contributed by atoms with Crippen molar-refractivity contribution in [2.45, 2.75) is 6.92 Å². The summed E-state index contributed by atoms with van der Waals surface area (Å²) in [5.41, 5.74) is 11.8. The van der Waals surface area contributed by atoms with Crippen molar-refractivity contribution >= 4 is 55.7 Å². The predicted molar refractivity (Wildman–Crippen MR) is 124 cm³/mol. The molecule has 6 aromatic rings. The molecular weight excluding hydrogens is 430 g/mol. The number of fused-ring (bicyclic) bond motifs is 4. The van der Waals surface area contributed by atoms with E-state index in [1.165, 1.54) is 11.3 Å². The van der Waals surface area contributed by atoms with Gasteiger partial charge in [0.2, 0.25) is 0 Å². The van der Waals surface area contributed by atoms with E-state index in [0.717, 1.165) is 32.4 Å². The number of aromatic nitrogens is 6. The van der Waals surface area contributed by atoms with Gasteiger partial charge in [0.1, 0.15) is 5.01 Å². The number of benzene rings is 2. The SMILES string of the molecule is Cc1cc(-c2ccc(Cl)cc2)c2c(n1)nn1c(N)c(-c3nc4ccccc4s3)nnc21. The highest BCUT2D eigenvalue weighted by molar-refractivity contribution is 7.21. The molecule has 0 aliphatic heterocycles. The van der Waals surface area contributed by atoms with E-state index >= 15 is 0 Å². The molecule has 0 amide bonds. The molecule has 0 atom stereocenters. The summed E-state index contributed by atoms with van der Waals surface area (Å²) in [6, 6.07) is 17.6. The molecule has 7 nitrogen and oxygen atoms in total. The number of nitrogen functional groups attached to an aromatic ring is 1. The largest absolute Gasteiger partial charge is 0.382 e. The van der Waals surface area contributed by atoms with Gasteiger partial charge in [0.05, 0.1) is 15.6 Å². The fourth-order valence-corrected chi connectivity index (χ4v) is 4.77. The van der Waals surface area contributed by atoms with Gasteiger partial charge in [0.15, 0.2) is 22.8 Å². The summed E-state index contributed by atoms with van der Waals surface area (Å²) in [7, 11) is 0. The lowest BCUT2D eigenvalue weighted by atomic mass is 10.0. The third-order valence-corrected chi connectivity index (χ3v) is 6.41. The maximum atomic E-state index is 6.50. The van der Waals surface area contributed by atoms with Gasteiger partial charge >= 0.3 is 0 Å². The number of thiazole rings is 1. The topological polar surface area (TPSA) is 94.9 Å². The van der Waals surface area contributed by atoms with Gasteiger partial charge in [0.25, 0.3) is 0 Å². The molecule has 0 bridgehead atoms. The van der Waals surface area contributed by atoms with E-state index in [2.05, 4.69) is 25.3 Å². The Balaban J connectivity index is 1.62. The number of pyridine rings is 1. The molecule has 0 fully saturated rings. The molecule has 0 aliphatic carbocycles. The Labute approximate surface area is 185 Å². The first-order valence-corrected chi connectivity index (χ1v) is 10.7. The number of hydrogen-bond acceptors (Lipinski definition) is 7. The summed E-state index contributed by atoms with van der Waals surface area (Å²) in [6.45, 7) is 1.93. The minimum absolute atomic E-state index is 0.377. The number of nitrogens with two attached hydrogens (primary N) is 1. The van der Waals surface area contributed by atoms with Crippen molar-refractivity contribution in [3.8, 4) is 21.8 Å². The van der Waals surface area contributed by atoms with E-state index < -0.39 is 0 Å². The zero-order valence-electron chi connectivity index (χ0n) is 16.2. The van der Waals surface area contributed by atoms with Gasteiger partial charge < -0.3 is 5.73 Å². The van der Waals surface area contributed by atoms with Crippen molar-refractivity contribution in [3.05, 3.63) is 65.3 Å². The smallest absolute Gasteiger partial charge is 0.189 e. The highest BCUT2D eigenvalue weighted by Crippen LogP contribution is 2.35. The Morgan fingerprint density at radius 1 is 1.00 bits per heavy atom. The van der Waals surface area contributed by atoms with Crippen molar-refractivity contribution in [1.82, 2.24) is 29.8 Å². The molecule has 0 unspecified atom stereocenters. The monoisotopic (exact) mass is 443 g/mol. The Morgan fingerprint density at radius 2 is 1.81 bits per heavy atom. The number of halogens is 1. The van der Waals surface area contributed by atoms with Crippen LogP contribution in [0.2, 0.25) is 5.02 Å². The van der Waals surface area contributed by atoms with Crippen molar-refractivity contribution < 1.29 is 0 Å². The first kappa shape index (κ1) is 18.2. The molecule has 2 N–H and O–H groups in total. The fourth-order valence-electron chi connectivity index (χ4n) is 3.69. The van der Waals surface area contributed by atoms with Crippen LogP contribution in [0.4, 0.5) is 5.82 Å². The first-order chi connectivity index (χ1) is 15.1. The molecule has 4 aromatic heterocycles. The summed E-state index contributed by atoms with van der Waals surface area (Å²) < 4.78 is 2.66. The molecular formula is C22H14ClN7S. The van der Waals surface area contributed by atoms with E-state index in [-0.39, 0.29) is 0 Å². The lowest BCUT2D eigenvalue weighted by Crippen LogP contribution is -2.05. The highest BCUT2D eigenvalue weighted by atomic mass is 35.5. The van der Waals surface area contributed by atoms with E-state index in [4.69, 9.17) is 17.3 Å². The van der Waals surface area contributed by atoms with Crippen LogP contribution in [0.3, 0.4) is 0 Å². The number of para-hydroxylation sites is 1. The number of anilines is 1. The summed E-state index contributed by atoms with van der Waals surface area (Å²) in [5.74, 6) is 0.377. The molecule has 6 rings (SSSR count). The Kier molecular flexibility index (Phi) is 3.92. The number of nitrogens with zero attached hydrogens (tertiary/aromatic N) is 6. The Morgan fingerprint density at radius 3 is 2.61 bits per heavy atom. The van der Waals surface area contributed by atoms with E-state index in [9.17, 15) is 0 Å². The van der Waals surface area contributed by atoms with Crippen molar-refractivity contribution in [2.24, 2.45) is 0 Å². The van der Waals surface area contributed by atoms with Crippen LogP contribution in [0.15, 0.2) is 54.6 Å². The van der Waals surface area contributed by atoms with Crippen LogP contribution in [0.5, 0.6) is 0 Å². The second kappa shape index (κ2) is 6.69. The van der Waals surface area contributed by atoms with E-state index in [1.807, 2.05) is 61.5 Å². The maximum absolute atomic E-state index is 6.50. The standard InChI is InChI=1S/C22H14ClN7S/c1-11-10-14(12-6-8-13(23)9-7-12)17-20(25-11)29-30-19(24)18(27-28-21(17)30)22-26-15-4-2-3-5-16(15)31-22/h2-10H,24H2,1H3. The van der Waals surface area contributed by atoms with Crippen LogP contribution in [0.1, 0.15) is 5.69 Å². The maximum Gasteiger partial charge on any atom is 0.189 e. The van der Waals surface area contributed by atoms with Gasteiger partial charge in [-0.2, -0.15) is 4.52 Å². The molecule has 0 aliphatic rings. The zero-order valence-corrected chi connectivity index (χ0v) is 17.8. The van der Waals surface area contributed by atoms with Crippen LogP contribution >= 0.6 is 22.9 Å². The molecule has 2 aromatic carbocycles. The Bertz CT molecular complexity index is 1590. The third-order valence-electron chi connectivity index (χ3n) is 5.11. The van der Waals surface area contributed by atoms with Crippen LogP contribution < -0.4 is 5.73 Å². The van der Waals surface area contributed by atoms with Gasteiger partial charge in [0, 0.05) is 10.7 Å². The van der Waals surface area contributed by atoms with Gasteiger partial charge in [-0.1, -0.05) is 35.9 Å². The first-order valence-electron chi connectivity index (χ1n) is 9.52. The van der Waals surface area contributed by atoms with Gasteiger partial charge in [-0.15, -0.1) is 26.6 Å². The van der Waals surface area contributed by atoms with Gasteiger partial charge in [-0.3, -0.25) is 0 Å². The molecule has 150 valence electrons. The third kappa shape index (κ3) is 2.83. The van der Waals surface area contributed by atoms with Gasteiger partial charge in [-0.05, 0) is 48.4 Å². The van der Waals surface area contributed by atoms with E-state index in [1.54, 1.807) is 4.52 Å². The minimum Gasteiger partial charge on any atom is -0.382 e. The molecule has 0 saturated carbocycles. The zero-order chi connectivity index (χ0) is 21.1. The summed E-state index contributed by atoms with van der Waals surface area (Å²) in [6.07, 6.45) is 0. The van der Waals surface area contributed by atoms with E-state index in [0.29, 0.717) is 32.8 Å². The minimum atomic E-state index is 0.377. The van der Waals surface area contributed by atoms with Crippen molar-refractivity contribution in [2.75, 3.05) is 5.73 Å². The summed E-state index contributed by atoms with van der Waals surface area (Å²) in [4.78, 5) is 9.26. The summed E-state index contributed by atoms with van der Waals surface area (Å²) >= 11 is 7.60. The molecule has 0 spiro atoms. The molecule has 9 heteroatoms. The normalized spacial score (nSPS) is 11.7. The van der Waals surface area contributed by atoms with Crippen molar-refractivity contribution in [3.63, 3.8) is 0 Å². The number of aryl methyl sites for hydroxylation is 1. The molecule has 31 heavy (non-hydrogen) atoms. The molecule has 0 saturated heterocycles. The van der Waals surface area contributed by atoms with Crippen LogP contribution in [0.25, 0.3) is 48.7 Å². The quantitative estimate of drug-likeness (QED) is 0.397. The van der Waals surface area contributed by atoms with Crippen molar-refractivity contribution in [1.29, 1.82) is 0 Å². The van der Waals surface area contributed by atoms with Crippen LogP contribution in [-0.4, -0.2) is 29.8 Å². The second-order valence-corrected chi connectivity index (χ2v) is 8.64. The summed E-state index contributed by atoms with van der Waals surface area (Å²) in [5, 5.41) is 15.7. The van der Waals surface area contributed by atoms with Gasteiger partial charge in [-0.25, -0.2) is 9.97 Å². The lowest BCUT2D eigenvalue weighted by molar-refractivity contribution is 0.911. The fraction of sp³-hybridized carbons (Fsp3) is 0.0455. The average molecular weight is 444 g/mol. The lowest BCUT2D eigenvalue weighted by Gasteiger charge is -2.05. The predicted octanol–water partition coefficient (Wildman–Crippen LogP) is 5.16. The number of rotatable bonds is 2. The van der Waals surface area contributed by atoms with Crippen LogP contribution in [0, 0.1) is 6.92 Å². The molecule has 4 heterocycles.